The molecule has 3 heteroatoms. The predicted octanol–water partition coefficient (Wildman–Crippen LogP) is 2.70. The monoisotopic (exact) mass is 254 g/mol. The summed E-state index contributed by atoms with van der Waals surface area (Å²) in [6.45, 7) is 13.1. The molecule has 0 aromatic rings. The van der Waals surface area contributed by atoms with Crippen LogP contribution >= 0.6 is 0 Å². The molecule has 0 radical (unpaired) electrons. The first-order valence-electron chi connectivity index (χ1n) is 7.25. The van der Waals surface area contributed by atoms with E-state index in [-0.39, 0.29) is 11.3 Å². The van der Waals surface area contributed by atoms with Gasteiger partial charge in [-0.3, -0.25) is 4.79 Å². The first-order valence-corrected chi connectivity index (χ1v) is 7.25. The van der Waals surface area contributed by atoms with Crippen LogP contribution in [-0.2, 0) is 4.79 Å². The molecule has 0 aromatic carbocycles. The number of carbonyl (C=O) groups is 1. The highest BCUT2D eigenvalue weighted by Crippen LogP contribution is 2.28. The molecule has 0 aromatic heterocycles. The van der Waals surface area contributed by atoms with Crippen LogP contribution in [0.1, 0.15) is 60.8 Å². The van der Waals surface area contributed by atoms with Crippen LogP contribution in [0, 0.1) is 11.3 Å². The average molecular weight is 254 g/mol. The first kappa shape index (κ1) is 15.5. The maximum Gasteiger partial charge on any atom is 0.220 e. The fraction of sp³-hybridized carbons (Fsp3) is 0.933. The summed E-state index contributed by atoms with van der Waals surface area (Å²) in [5, 5.41) is 6.69. The fourth-order valence-corrected chi connectivity index (χ4v) is 2.37. The lowest BCUT2D eigenvalue weighted by Crippen LogP contribution is -2.55. The smallest absolute Gasteiger partial charge is 0.220 e. The largest absolute Gasteiger partial charge is 0.352 e. The summed E-state index contributed by atoms with van der Waals surface area (Å²) in [4.78, 5) is 12.1. The highest BCUT2D eigenvalue weighted by Gasteiger charge is 2.28. The normalized spacial score (nSPS) is 30.9. The molecular formula is C15H30N2O. The molecule has 106 valence electrons. The van der Waals surface area contributed by atoms with Crippen LogP contribution in [-0.4, -0.2) is 24.0 Å². The van der Waals surface area contributed by atoms with E-state index in [9.17, 15) is 4.79 Å². The number of nitrogens with one attached hydrogen (secondary N) is 2. The molecule has 4 atom stereocenters. The molecule has 0 spiro atoms. The van der Waals surface area contributed by atoms with Gasteiger partial charge >= 0.3 is 0 Å². The number of piperidine rings is 1. The van der Waals surface area contributed by atoms with Gasteiger partial charge in [-0.2, -0.15) is 0 Å². The van der Waals surface area contributed by atoms with Crippen molar-refractivity contribution in [1.82, 2.24) is 10.6 Å². The molecule has 1 amide bonds. The minimum absolute atomic E-state index is 0.197. The van der Waals surface area contributed by atoms with Crippen molar-refractivity contribution in [2.75, 3.05) is 0 Å². The van der Waals surface area contributed by atoms with Crippen molar-refractivity contribution < 1.29 is 4.79 Å². The molecule has 1 heterocycles. The van der Waals surface area contributed by atoms with Crippen molar-refractivity contribution in [2.45, 2.75) is 78.9 Å². The van der Waals surface area contributed by atoms with Crippen molar-refractivity contribution in [1.29, 1.82) is 0 Å². The van der Waals surface area contributed by atoms with E-state index in [1.807, 2.05) is 0 Å². The second-order valence-corrected chi connectivity index (χ2v) is 7.08. The fourth-order valence-electron chi connectivity index (χ4n) is 2.37. The summed E-state index contributed by atoms with van der Waals surface area (Å²) < 4.78 is 0. The van der Waals surface area contributed by atoms with Gasteiger partial charge in [0.2, 0.25) is 5.91 Å². The Morgan fingerprint density at radius 1 is 1.33 bits per heavy atom. The minimum atomic E-state index is 0.197. The summed E-state index contributed by atoms with van der Waals surface area (Å²) in [5.41, 5.74) is 0.197. The Kier molecular flexibility index (Phi) is 5.20. The van der Waals surface area contributed by atoms with Gasteiger partial charge in [0.05, 0.1) is 0 Å². The Hall–Kier alpha value is -0.570. The Morgan fingerprint density at radius 3 is 2.44 bits per heavy atom. The van der Waals surface area contributed by atoms with Gasteiger partial charge in [-0.15, -0.1) is 0 Å². The van der Waals surface area contributed by atoms with Gasteiger partial charge in [0.25, 0.3) is 0 Å². The summed E-state index contributed by atoms with van der Waals surface area (Å²) in [6.07, 6.45) is 2.86. The molecular weight excluding hydrogens is 224 g/mol. The number of rotatable bonds is 3. The van der Waals surface area contributed by atoms with E-state index in [1.165, 1.54) is 0 Å². The van der Waals surface area contributed by atoms with Crippen molar-refractivity contribution in [3.05, 3.63) is 0 Å². The van der Waals surface area contributed by atoms with E-state index in [0.29, 0.717) is 30.5 Å². The zero-order valence-electron chi connectivity index (χ0n) is 12.8. The third-order valence-electron chi connectivity index (χ3n) is 4.38. The predicted molar refractivity (Wildman–Crippen MR) is 76.5 cm³/mol. The number of amides is 1. The number of hydrogen-bond acceptors (Lipinski definition) is 2. The van der Waals surface area contributed by atoms with Gasteiger partial charge in [-0.1, -0.05) is 27.7 Å². The van der Waals surface area contributed by atoms with Gasteiger partial charge in [-0.25, -0.2) is 0 Å². The van der Waals surface area contributed by atoms with Crippen LogP contribution in [0.25, 0.3) is 0 Å². The quantitative estimate of drug-likeness (QED) is 0.813. The van der Waals surface area contributed by atoms with Crippen molar-refractivity contribution in [3.8, 4) is 0 Å². The van der Waals surface area contributed by atoms with Crippen LogP contribution in [0.3, 0.4) is 0 Å². The SMILES string of the molecule is CC1CCC(NC(=O)CC(C)C(C)(C)C)C(C)N1. The molecule has 0 saturated carbocycles. The van der Waals surface area contributed by atoms with Crippen LogP contribution in [0.4, 0.5) is 0 Å². The zero-order chi connectivity index (χ0) is 13.9. The molecule has 1 fully saturated rings. The molecule has 1 rings (SSSR count). The van der Waals surface area contributed by atoms with Gasteiger partial charge < -0.3 is 10.6 Å². The number of carbonyl (C=O) groups excluding carboxylic acids is 1. The molecule has 4 unspecified atom stereocenters. The third kappa shape index (κ3) is 4.60. The molecule has 1 aliphatic heterocycles. The second-order valence-electron chi connectivity index (χ2n) is 7.08. The Balaban J connectivity index is 2.41. The molecule has 1 saturated heterocycles. The summed E-state index contributed by atoms with van der Waals surface area (Å²) in [5.74, 6) is 0.605. The Bertz CT molecular complexity index is 283. The number of hydrogen-bond donors (Lipinski definition) is 2. The van der Waals surface area contributed by atoms with Gasteiger partial charge in [0, 0.05) is 24.5 Å². The van der Waals surface area contributed by atoms with E-state index < -0.39 is 0 Å². The van der Waals surface area contributed by atoms with E-state index in [4.69, 9.17) is 0 Å². The lowest BCUT2D eigenvalue weighted by atomic mass is 9.80. The topological polar surface area (TPSA) is 41.1 Å². The van der Waals surface area contributed by atoms with Gasteiger partial charge in [0.15, 0.2) is 0 Å². The van der Waals surface area contributed by atoms with Gasteiger partial charge in [0.1, 0.15) is 0 Å². The van der Waals surface area contributed by atoms with E-state index >= 15 is 0 Å². The maximum absolute atomic E-state index is 12.1. The molecule has 0 bridgehead atoms. The minimum Gasteiger partial charge on any atom is -0.352 e. The van der Waals surface area contributed by atoms with E-state index in [1.54, 1.807) is 0 Å². The van der Waals surface area contributed by atoms with Crippen molar-refractivity contribution in [2.24, 2.45) is 11.3 Å². The summed E-state index contributed by atoms with van der Waals surface area (Å²) in [7, 11) is 0. The lowest BCUT2D eigenvalue weighted by Gasteiger charge is -2.35. The zero-order valence-corrected chi connectivity index (χ0v) is 12.8. The molecule has 3 nitrogen and oxygen atoms in total. The second kappa shape index (κ2) is 6.05. The van der Waals surface area contributed by atoms with Crippen LogP contribution in [0.2, 0.25) is 0 Å². The Morgan fingerprint density at radius 2 is 1.94 bits per heavy atom. The van der Waals surface area contributed by atoms with E-state index in [0.717, 1.165) is 12.8 Å². The van der Waals surface area contributed by atoms with Crippen molar-refractivity contribution >= 4 is 5.91 Å². The average Bonchev–Trinajstić information content (AvgIpc) is 2.20. The van der Waals surface area contributed by atoms with E-state index in [2.05, 4.69) is 52.2 Å². The molecule has 1 aliphatic rings. The standard InChI is InChI=1S/C15H30N2O/c1-10(15(4,5)6)9-14(18)17-13-8-7-11(2)16-12(13)3/h10-13,16H,7-9H2,1-6H3,(H,17,18). The highest BCUT2D eigenvalue weighted by atomic mass is 16.1. The van der Waals surface area contributed by atoms with Gasteiger partial charge in [-0.05, 0) is 38.0 Å². The van der Waals surface area contributed by atoms with Crippen LogP contribution < -0.4 is 10.6 Å². The maximum atomic E-state index is 12.1. The van der Waals surface area contributed by atoms with Crippen molar-refractivity contribution in [3.63, 3.8) is 0 Å². The molecule has 0 aliphatic carbocycles. The summed E-state index contributed by atoms with van der Waals surface area (Å²) in [6, 6.07) is 1.24. The highest BCUT2D eigenvalue weighted by molar-refractivity contribution is 5.76. The lowest BCUT2D eigenvalue weighted by molar-refractivity contribution is -0.123. The Labute approximate surface area is 112 Å². The van der Waals surface area contributed by atoms with Crippen LogP contribution in [0.15, 0.2) is 0 Å². The molecule has 2 N–H and O–H groups in total. The third-order valence-corrected chi connectivity index (χ3v) is 4.38. The first-order chi connectivity index (χ1) is 8.20. The summed E-state index contributed by atoms with van der Waals surface area (Å²) >= 11 is 0. The van der Waals surface area contributed by atoms with Crippen LogP contribution in [0.5, 0.6) is 0 Å². The molecule has 18 heavy (non-hydrogen) atoms.